The van der Waals surface area contributed by atoms with E-state index < -0.39 is 29.9 Å². The smallest absolute Gasteiger partial charge is 0.229 e. The zero-order valence-electron chi connectivity index (χ0n) is 9.59. The Bertz CT molecular complexity index is 372. The van der Waals surface area contributed by atoms with E-state index in [9.17, 15) is 10.2 Å². The minimum Gasteiger partial charge on any atom is -0.462 e. The molecule has 0 unspecified atom stereocenters. The van der Waals surface area contributed by atoms with E-state index in [0.29, 0.717) is 5.75 Å². The van der Waals surface area contributed by atoms with Gasteiger partial charge in [-0.05, 0) is 12.1 Å². The van der Waals surface area contributed by atoms with Crippen LogP contribution in [0.25, 0.3) is 0 Å². The van der Waals surface area contributed by atoms with Crippen LogP contribution in [0.5, 0.6) is 5.75 Å². The van der Waals surface area contributed by atoms with Crippen molar-refractivity contribution in [3.05, 3.63) is 30.3 Å². The van der Waals surface area contributed by atoms with Gasteiger partial charge in [0.2, 0.25) is 6.29 Å². The molecule has 1 aliphatic rings. The molecule has 0 aliphatic carbocycles. The molecule has 1 heterocycles. The monoisotopic (exact) mass is 272 g/mol. The molecule has 1 aromatic rings. The van der Waals surface area contributed by atoms with Crippen molar-refractivity contribution >= 4 is 12.6 Å². The first-order valence-electron chi connectivity index (χ1n) is 5.65. The molecular weight excluding hydrogens is 256 g/mol. The third-order valence-corrected chi connectivity index (χ3v) is 3.48. The lowest BCUT2D eigenvalue weighted by molar-refractivity contribution is -0.237. The Morgan fingerprint density at radius 3 is 2.44 bits per heavy atom. The lowest BCUT2D eigenvalue weighted by atomic mass is 10.0. The van der Waals surface area contributed by atoms with Crippen LogP contribution in [0.4, 0.5) is 0 Å². The number of thiol groups is 1. The number of hydrogen-bond acceptors (Lipinski definition) is 6. The van der Waals surface area contributed by atoms with E-state index in [1.165, 1.54) is 0 Å². The number of benzene rings is 1. The Labute approximate surface area is 110 Å². The quantitative estimate of drug-likeness (QED) is 0.573. The molecule has 100 valence electrons. The van der Waals surface area contributed by atoms with Crippen LogP contribution in [0.3, 0.4) is 0 Å². The topological polar surface area (TPSA) is 79.2 Å². The Morgan fingerprint density at radius 2 is 1.83 bits per heavy atom. The minimum absolute atomic E-state index is 0.299. The van der Waals surface area contributed by atoms with Crippen LogP contribution < -0.4 is 4.74 Å². The van der Waals surface area contributed by atoms with Gasteiger partial charge in [-0.15, -0.1) is 0 Å². The summed E-state index contributed by atoms with van der Waals surface area (Å²) in [6, 6.07) is 8.82. The summed E-state index contributed by atoms with van der Waals surface area (Å²) in [5.41, 5.74) is 0. The van der Waals surface area contributed by atoms with Gasteiger partial charge in [0, 0.05) is 0 Å². The van der Waals surface area contributed by atoms with Crippen LogP contribution in [-0.4, -0.2) is 51.8 Å². The summed E-state index contributed by atoms with van der Waals surface area (Å²) >= 11 is 4.11. The van der Waals surface area contributed by atoms with Crippen LogP contribution >= 0.6 is 12.6 Å². The van der Waals surface area contributed by atoms with Gasteiger partial charge < -0.3 is 24.8 Å². The number of para-hydroxylation sites is 1. The van der Waals surface area contributed by atoms with E-state index in [1.807, 2.05) is 6.07 Å². The van der Waals surface area contributed by atoms with Crippen molar-refractivity contribution in [2.24, 2.45) is 0 Å². The molecule has 5 nitrogen and oxygen atoms in total. The van der Waals surface area contributed by atoms with Crippen LogP contribution in [0.15, 0.2) is 30.3 Å². The molecule has 0 bridgehead atoms. The van der Waals surface area contributed by atoms with E-state index in [0.717, 1.165) is 0 Å². The maximum Gasteiger partial charge on any atom is 0.229 e. The number of rotatable bonds is 3. The van der Waals surface area contributed by atoms with E-state index >= 15 is 0 Å². The highest BCUT2D eigenvalue weighted by atomic mass is 32.1. The fourth-order valence-electron chi connectivity index (χ4n) is 1.80. The van der Waals surface area contributed by atoms with Gasteiger partial charge >= 0.3 is 0 Å². The summed E-state index contributed by atoms with van der Waals surface area (Å²) in [6.07, 6.45) is -4.04. The fourth-order valence-corrected chi connectivity index (χ4v) is 2.14. The summed E-state index contributed by atoms with van der Waals surface area (Å²) in [4.78, 5) is 0. The molecule has 0 amide bonds. The van der Waals surface area contributed by atoms with Gasteiger partial charge in [-0.3, -0.25) is 0 Å². The van der Waals surface area contributed by atoms with Gasteiger partial charge in [0.05, 0.1) is 18.0 Å². The first kappa shape index (κ1) is 13.6. The molecular formula is C12H16O5S. The van der Waals surface area contributed by atoms with Crippen molar-refractivity contribution in [1.29, 1.82) is 0 Å². The first-order chi connectivity index (χ1) is 8.63. The van der Waals surface area contributed by atoms with Crippen molar-refractivity contribution < 1.29 is 24.8 Å². The van der Waals surface area contributed by atoms with Gasteiger partial charge in [0.15, 0.2) is 0 Å². The SMILES string of the molecule is OC[C@H]1O[C@H](Oc2ccccc2)[C@H](O)[C@@H](O)[C@H]1S. The van der Waals surface area contributed by atoms with Crippen LogP contribution in [0.1, 0.15) is 0 Å². The molecule has 1 fully saturated rings. The standard InChI is InChI=1S/C12H16O5S/c13-6-8-11(18)9(14)10(15)12(17-8)16-7-4-2-1-3-5-7/h1-5,8-15,18H,6H2/t8-,9-,10-,11+,12+/m1/s1. The van der Waals surface area contributed by atoms with E-state index in [4.69, 9.17) is 14.6 Å². The summed E-state index contributed by atoms with van der Waals surface area (Å²) in [6.45, 7) is -0.299. The molecule has 1 aromatic carbocycles. The number of aliphatic hydroxyl groups excluding tert-OH is 3. The number of aliphatic hydroxyl groups is 3. The molecule has 1 aliphatic heterocycles. The maximum absolute atomic E-state index is 9.85. The second kappa shape index (κ2) is 5.90. The third-order valence-electron chi connectivity index (χ3n) is 2.84. The lowest BCUT2D eigenvalue weighted by Gasteiger charge is -2.39. The van der Waals surface area contributed by atoms with E-state index in [1.54, 1.807) is 24.3 Å². The van der Waals surface area contributed by atoms with E-state index in [2.05, 4.69) is 12.6 Å². The molecule has 5 atom stereocenters. The average Bonchev–Trinajstić information content (AvgIpc) is 2.40. The molecule has 0 saturated carbocycles. The summed E-state index contributed by atoms with van der Waals surface area (Å²) in [7, 11) is 0. The molecule has 3 N–H and O–H groups in total. The fraction of sp³-hybridized carbons (Fsp3) is 0.500. The summed E-state index contributed by atoms with van der Waals surface area (Å²) < 4.78 is 10.8. The van der Waals surface area contributed by atoms with E-state index in [-0.39, 0.29) is 6.61 Å². The highest BCUT2D eigenvalue weighted by molar-refractivity contribution is 7.81. The van der Waals surface area contributed by atoms with Crippen LogP contribution in [0.2, 0.25) is 0 Å². The van der Waals surface area contributed by atoms with Gasteiger partial charge in [-0.1, -0.05) is 18.2 Å². The second-order valence-electron chi connectivity index (χ2n) is 4.13. The predicted molar refractivity (Wildman–Crippen MR) is 67.6 cm³/mol. The van der Waals surface area contributed by atoms with Crippen LogP contribution in [0, 0.1) is 0 Å². The normalized spacial score (nSPS) is 36.3. The Hall–Kier alpha value is -0.790. The van der Waals surface area contributed by atoms with Crippen molar-refractivity contribution in [2.75, 3.05) is 6.61 Å². The number of ether oxygens (including phenoxy) is 2. The first-order valence-corrected chi connectivity index (χ1v) is 6.17. The summed E-state index contributed by atoms with van der Waals surface area (Å²) in [5, 5.41) is 28.1. The lowest BCUT2D eigenvalue weighted by Crippen LogP contribution is -2.58. The zero-order valence-corrected chi connectivity index (χ0v) is 10.5. The minimum atomic E-state index is -1.21. The molecule has 0 spiro atoms. The molecule has 0 aromatic heterocycles. The number of hydrogen-bond donors (Lipinski definition) is 4. The van der Waals surface area contributed by atoms with Gasteiger partial charge in [0.1, 0.15) is 18.0 Å². The highest BCUT2D eigenvalue weighted by Crippen LogP contribution is 2.26. The molecule has 0 radical (unpaired) electrons. The van der Waals surface area contributed by atoms with Crippen molar-refractivity contribution in [3.8, 4) is 5.75 Å². The molecule has 18 heavy (non-hydrogen) atoms. The van der Waals surface area contributed by atoms with Gasteiger partial charge in [-0.25, -0.2) is 0 Å². The van der Waals surface area contributed by atoms with Crippen molar-refractivity contribution in [3.63, 3.8) is 0 Å². The molecule has 6 heteroatoms. The second-order valence-corrected chi connectivity index (χ2v) is 4.72. The van der Waals surface area contributed by atoms with Gasteiger partial charge in [0.25, 0.3) is 0 Å². The maximum atomic E-state index is 9.85. The Morgan fingerprint density at radius 1 is 1.17 bits per heavy atom. The van der Waals surface area contributed by atoms with Crippen molar-refractivity contribution in [2.45, 2.75) is 29.9 Å². The predicted octanol–water partition coefficient (Wildman–Crippen LogP) is -0.197. The average molecular weight is 272 g/mol. The highest BCUT2D eigenvalue weighted by Gasteiger charge is 2.43. The van der Waals surface area contributed by atoms with Gasteiger partial charge in [-0.2, -0.15) is 12.6 Å². The van der Waals surface area contributed by atoms with Crippen LogP contribution in [-0.2, 0) is 4.74 Å². The largest absolute Gasteiger partial charge is 0.462 e. The molecule has 2 rings (SSSR count). The third kappa shape index (κ3) is 2.78. The zero-order chi connectivity index (χ0) is 13.1. The molecule has 1 saturated heterocycles. The summed E-state index contributed by atoms with van der Waals surface area (Å²) in [5.74, 6) is 0.517. The Kier molecular flexibility index (Phi) is 4.47. The Balaban J connectivity index is 2.08. The van der Waals surface area contributed by atoms with Crippen molar-refractivity contribution in [1.82, 2.24) is 0 Å².